The summed E-state index contributed by atoms with van der Waals surface area (Å²) in [5.74, 6) is 1.77. The Kier molecular flexibility index (Phi) is 4.24. The van der Waals surface area contributed by atoms with E-state index in [1.165, 1.54) is 0 Å². The maximum atomic E-state index is 12.3. The molecule has 1 heterocycles. The van der Waals surface area contributed by atoms with E-state index < -0.39 is 0 Å². The number of β-lactam (4-membered cyclic amide) rings is 1. The summed E-state index contributed by atoms with van der Waals surface area (Å²) < 4.78 is 10.7. The molecule has 1 fully saturated rings. The minimum Gasteiger partial charge on any atom is -0.497 e. The van der Waals surface area contributed by atoms with Gasteiger partial charge in [0, 0.05) is 5.69 Å². The summed E-state index contributed by atoms with van der Waals surface area (Å²) in [5, 5.41) is 0. The molecule has 23 heavy (non-hydrogen) atoms. The van der Waals surface area contributed by atoms with Crippen molar-refractivity contribution in [2.45, 2.75) is 19.9 Å². The molecule has 0 aromatic heterocycles. The maximum Gasteiger partial charge on any atom is 0.232 e. The van der Waals surface area contributed by atoms with E-state index in [1.54, 1.807) is 7.11 Å². The van der Waals surface area contributed by atoms with Crippen molar-refractivity contribution < 1.29 is 14.3 Å². The van der Waals surface area contributed by atoms with E-state index in [0.29, 0.717) is 6.61 Å². The molecule has 2 aromatic rings. The zero-order valence-corrected chi connectivity index (χ0v) is 13.7. The largest absolute Gasteiger partial charge is 0.497 e. The molecule has 2 unspecified atom stereocenters. The lowest BCUT2D eigenvalue weighted by molar-refractivity contribution is -0.129. The number of anilines is 1. The molecule has 0 saturated carbocycles. The van der Waals surface area contributed by atoms with Crippen LogP contribution in [0.4, 0.5) is 5.69 Å². The summed E-state index contributed by atoms with van der Waals surface area (Å²) in [6.45, 7) is 4.56. The first-order valence-electron chi connectivity index (χ1n) is 7.85. The Hall–Kier alpha value is -2.49. The molecule has 0 bridgehead atoms. The van der Waals surface area contributed by atoms with Crippen LogP contribution in [-0.4, -0.2) is 19.6 Å². The number of methoxy groups -OCH3 is 1. The molecule has 2 aromatic carbocycles. The van der Waals surface area contributed by atoms with Gasteiger partial charge < -0.3 is 14.4 Å². The minimum atomic E-state index is -0.0186. The van der Waals surface area contributed by atoms with Crippen LogP contribution < -0.4 is 14.4 Å². The number of hydrogen-bond donors (Lipinski definition) is 0. The van der Waals surface area contributed by atoms with Crippen molar-refractivity contribution in [3.05, 3.63) is 54.1 Å². The molecular weight excluding hydrogens is 290 g/mol. The fourth-order valence-corrected chi connectivity index (χ4v) is 3.03. The third-order valence-corrected chi connectivity index (χ3v) is 4.26. The van der Waals surface area contributed by atoms with Crippen LogP contribution in [0, 0.1) is 5.92 Å². The van der Waals surface area contributed by atoms with Crippen LogP contribution in [0.1, 0.15) is 25.5 Å². The molecule has 1 aliphatic heterocycles. The number of benzene rings is 2. The normalized spacial score (nSPS) is 20.1. The van der Waals surface area contributed by atoms with Gasteiger partial charge >= 0.3 is 0 Å². The van der Waals surface area contributed by atoms with Gasteiger partial charge in [-0.25, -0.2) is 0 Å². The first kappa shape index (κ1) is 15.4. The van der Waals surface area contributed by atoms with Gasteiger partial charge in [-0.1, -0.05) is 19.1 Å². The fraction of sp³-hybridized carbons (Fsp3) is 0.316. The highest BCUT2D eigenvalue weighted by Crippen LogP contribution is 2.43. The molecule has 2 atom stereocenters. The number of rotatable bonds is 5. The van der Waals surface area contributed by atoms with Crippen LogP contribution in [0.25, 0.3) is 0 Å². The molecule has 0 spiro atoms. The number of carbonyl (C=O) groups is 1. The topological polar surface area (TPSA) is 38.8 Å². The van der Waals surface area contributed by atoms with Gasteiger partial charge in [0.15, 0.2) is 0 Å². The van der Waals surface area contributed by atoms with Gasteiger partial charge in [0.05, 0.1) is 25.7 Å². The van der Waals surface area contributed by atoms with Crippen molar-refractivity contribution in [1.82, 2.24) is 0 Å². The van der Waals surface area contributed by atoms with Gasteiger partial charge in [-0.2, -0.15) is 0 Å². The zero-order valence-electron chi connectivity index (χ0n) is 13.7. The summed E-state index contributed by atoms with van der Waals surface area (Å²) in [7, 11) is 1.65. The highest BCUT2D eigenvalue weighted by molar-refractivity contribution is 6.03. The van der Waals surface area contributed by atoms with Crippen LogP contribution in [-0.2, 0) is 4.79 Å². The monoisotopic (exact) mass is 311 g/mol. The molecule has 4 heteroatoms. The van der Waals surface area contributed by atoms with E-state index in [9.17, 15) is 4.79 Å². The van der Waals surface area contributed by atoms with E-state index in [4.69, 9.17) is 9.47 Å². The number of nitrogens with zero attached hydrogens (tertiary/aromatic N) is 1. The first-order chi connectivity index (χ1) is 11.2. The van der Waals surface area contributed by atoms with Crippen molar-refractivity contribution >= 4 is 11.6 Å². The molecule has 0 N–H and O–H groups in total. The molecule has 1 aliphatic rings. The lowest BCUT2D eigenvalue weighted by Gasteiger charge is -2.46. The Morgan fingerprint density at radius 1 is 1.00 bits per heavy atom. The highest BCUT2D eigenvalue weighted by Gasteiger charge is 2.45. The summed E-state index contributed by atoms with van der Waals surface area (Å²) in [5.41, 5.74) is 2.02. The van der Waals surface area contributed by atoms with Crippen molar-refractivity contribution in [2.75, 3.05) is 18.6 Å². The van der Waals surface area contributed by atoms with E-state index in [-0.39, 0.29) is 17.9 Å². The lowest BCUT2D eigenvalue weighted by Crippen LogP contribution is -2.54. The number of hydrogen-bond acceptors (Lipinski definition) is 3. The van der Waals surface area contributed by atoms with E-state index in [0.717, 1.165) is 22.7 Å². The molecular formula is C19H21NO3. The Morgan fingerprint density at radius 2 is 1.61 bits per heavy atom. The van der Waals surface area contributed by atoms with Gasteiger partial charge in [0.2, 0.25) is 5.91 Å². The predicted molar refractivity (Wildman–Crippen MR) is 90.0 cm³/mol. The second-order valence-corrected chi connectivity index (χ2v) is 5.64. The van der Waals surface area contributed by atoms with Gasteiger partial charge in [0.1, 0.15) is 11.5 Å². The summed E-state index contributed by atoms with van der Waals surface area (Å²) in [6, 6.07) is 15.6. The van der Waals surface area contributed by atoms with E-state index in [2.05, 4.69) is 0 Å². The van der Waals surface area contributed by atoms with Gasteiger partial charge in [0.25, 0.3) is 0 Å². The van der Waals surface area contributed by atoms with Crippen molar-refractivity contribution in [2.24, 2.45) is 5.92 Å². The molecule has 0 radical (unpaired) electrons. The maximum absolute atomic E-state index is 12.3. The predicted octanol–water partition coefficient (Wildman–Crippen LogP) is 3.82. The van der Waals surface area contributed by atoms with Crippen LogP contribution in [0.3, 0.4) is 0 Å². The average molecular weight is 311 g/mol. The third kappa shape index (κ3) is 2.77. The fourth-order valence-electron chi connectivity index (χ4n) is 3.03. The van der Waals surface area contributed by atoms with E-state index in [1.807, 2.05) is 67.3 Å². The Labute approximate surface area is 136 Å². The molecule has 1 amide bonds. The average Bonchev–Trinajstić information content (AvgIpc) is 2.60. The quantitative estimate of drug-likeness (QED) is 0.788. The Balaban J connectivity index is 1.85. The molecule has 4 nitrogen and oxygen atoms in total. The van der Waals surface area contributed by atoms with Crippen LogP contribution in [0.2, 0.25) is 0 Å². The molecule has 120 valence electrons. The summed E-state index contributed by atoms with van der Waals surface area (Å²) in [4.78, 5) is 14.2. The van der Waals surface area contributed by atoms with Crippen molar-refractivity contribution in [3.63, 3.8) is 0 Å². The highest BCUT2D eigenvalue weighted by atomic mass is 16.5. The van der Waals surface area contributed by atoms with Crippen molar-refractivity contribution in [1.29, 1.82) is 0 Å². The summed E-state index contributed by atoms with van der Waals surface area (Å²) >= 11 is 0. The van der Waals surface area contributed by atoms with Crippen LogP contribution >= 0.6 is 0 Å². The van der Waals surface area contributed by atoms with Gasteiger partial charge in [-0.05, 0) is 48.9 Å². The Morgan fingerprint density at radius 3 is 2.17 bits per heavy atom. The SMILES string of the molecule is CCOc1ccc(N2C(=O)C(C)C2c2ccc(OC)cc2)cc1. The number of amides is 1. The number of carbonyl (C=O) groups excluding carboxylic acids is 1. The molecule has 0 aliphatic carbocycles. The summed E-state index contributed by atoms with van der Waals surface area (Å²) in [6.07, 6.45) is 0. The van der Waals surface area contributed by atoms with E-state index >= 15 is 0 Å². The van der Waals surface area contributed by atoms with Gasteiger partial charge in [-0.3, -0.25) is 4.79 Å². The molecule has 1 saturated heterocycles. The Bertz CT molecular complexity index is 679. The first-order valence-corrected chi connectivity index (χ1v) is 7.85. The standard InChI is InChI=1S/C19H21NO3/c1-4-23-17-11-7-15(8-12-17)20-18(13(2)19(20)21)14-5-9-16(22-3)10-6-14/h5-13,18H,4H2,1-3H3. The number of ether oxygens (including phenoxy) is 2. The van der Waals surface area contributed by atoms with Gasteiger partial charge in [-0.15, -0.1) is 0 Å². The third-order valence-electron chi connectivity index (χ3n) is 4.26. The second kappa shape index (κ2) is 6.32. The van der Waals surface area contributed by atoms with Crippen LogP contribution in [0.5, 0.6) is 11.5 Å². The second-order valence-electron chi connectivity index (χ2n) is 5.64. The zero-order chi connectivity index (χ0) is 16.4. The molecule has 3 rings (SSSR count). The van der Waals surface area contributed by atoms with Crippen molar-refractivity contribution in [3.8, 4) is 11.5 Å². The van der Waals surface area contributed by atoms with Crippen LogP contribution in [0.15, 0.2) is 48.5 Å². The minimum absolute atomic E-state index is 0.0186. The lowest BCUT2D eigenvalue weighted by atomic mass is 9.83. The smallest absolute Gasteiger partial charge is 0.232 e.